The molecule has 6 bridgehead atoms. The monoisotopic (exact) mass is 739 g/mol. The Morgan fingerprint density at radius 3 is 2.28 bits per heavy atom. The lowest BCUT2D eigenvalue weighted by Gasteiger charge is -2.57. The highest BCUT2D eigenvalue weighted by Crippen LogP contribution is 2.61. The fraction of sp³-hybridized carbons (Fsp3) is 0.825. The second-order valence-electron chi connectivity index (χ2n) is 18.0. The van der Waals surface area contributed by atoms with Gasteiger partial charge in [0.1, 0.15) is 24.5 Å². The van der Waals surface area contributed by atoms with Gasteiger partial charge in [0.2, 0.25) is 0 Å². The van der Waals surface area contributed by atoms with Crippen LogP contribution in [0.15, 0.2) is 6.33 Å². The van der Waals surface area contributed by atoms with Gasteiger partial charge in [-0.15, -0.1) is 0 Å². The van der Waals surface area contributed by atoms with Gasteiger partial charge in [-0.25, -0.2) is 14.6 Å². The summed E-state index contributed by atoms with van der Waals surface area (Å²) < 4.78 is 44.5. The number of nitrogens with two attached hydrogens (primary N) is 1. The van der Waals surface area contributed by atoms with Crippen molar-refractivity contribution in [2.24, 2.45) is 40.9 Å². The van der Waals surface area contributed by atoms with Crippen LogP contribution < -0.4 is 5.73 Å². The molecule has 7 fully saturated rings. The van der Waals surface area contributed by atoms with E-state index in [1.54, 1.807) is 6.92 Å². The topological polar surface area (TPSA) is 150 Å². The van der Waals surface area contributed by atoms with E-state index in [1.807, 2.05) is 0 Å². The average molecular weight is 740 g/mol. The van der Waals surface area contributed by atoms with E-state index < -0.39 is 36.3 Å². The number of nitrogen functional groups attached to an aromatic ring is 1. The fourth-order valence-corrected chi connectivity index (χ4v) is 12.0. The number of hydrogen-bond acceptors (Lipinski definition) is 11. The molecule has 0 spiro atoms. The predicted molar refractivity (Wildman–Crippen MR) is 193 cm³/mol. The minimum absolute atomic E-state index is 0.0982. The molecule has 5 atom stereocenters. The van der Waals surface area contributed by atoms with Gasteiger partial charge in [-0.1, -0.05) is 38.5 Å². The highest BCUT2D eigenvalue weighted by atomic mass is 19.1. The maximum atomic E-state index is 14.2. The van der Waals surface area contributed by atoms with Crippen LogP contribution in [-0.2, 0) is 23.7 Å². The van der Waals surface area contributed by atoms with Crippen LogP contribution in [0.3, 0.4) is 0 Å². The molecule has 6 aliphatic carbocycles. The van der Waals surface area contributed by atoms with Crippen molar-refractivity contribution in [3.05, 3.63) is 12.4 Å². The van der Waals surface area contributed by atoms with Gasteiger partial charge in [-0.2, -0.15) is 14.4 Å². The van der Waals surface area contributed by atoms with E-state index in [4.69, 9.17) is 29.4 Å². The Bertz CT molecular complexity index is 1570. The number of rotatable bonds is 14. The van der Waals surface area contributed by atoms with Gasteiger partial charge in [0.25, 0.3) is 0 Å². The van der Waals surface area contributed by atoms with E-state index in [0.717, 1.165) is 67.6 Å². The first-order valence-electron chi connectivity index (χ1n) is 20.6. The number of carbonyl (C=O) groups is 2. The number of halogens is 1. The van der Waals surface area contributed by atoms with Gasteiger partial charge < -0.3 is 29.4 Å². The summed E-state index contributed by atoms with van der Waals surface area (Å²) in [5.41, 5.74) is 5.40. The smallest absolute Gasteiger partial charge is 0.434 e. The number of ether oxygens (including phenoxy) is 5. The van der Waals surface area contributed by atoms with Crippen molar-refractivity contribution in [2.45, 2.75) is 147 Å². The number of unbranched alkanes of at least 4 members (excludes halogenated alkanes) is 2. The van der Waals surface area contributed by atoms with Crippen LogP contribution in [0.1, 0.15) is 135 Å². The maximum absolute atomic E-state index is 14.2. The molecule has 1 aliphatic heterocycles. The third kappa shape index (κ3) is 8.39. The van der Waals surface area contributed by atoms with Crippen LogP contribution in [0.5, 0.6) is 0 Å². The molecule has 7 aliphatic rings. The summed E-state index contributed by atoms with van der Waals surface area (Å²) in [6.07, 6.45) is 20.0. The van der Waals surface area contributed by atoms with E-state index in [0.29, 0.717) is 12.0 Å². The third-order valence-electron chi connectivity index (χ3n) is 13.9. The van der Waals surface area contributed by atoms with Gasteiger partial charge >= 0.3 is 18.4 Å². The van der Waals surface area contributed by atoms with Gasteiger partial charge in [0, 0.05) is 6.42 Å². The van der Waals surface area contributed by atoms with E-state index >= 15 is 0 Å². The molecule has 2 aromatic rings. The number of nitrogens with zero attached hydrogens (tertiary/aromatic N) is 4. The summed E-state index contributed by atoms with van der Waals surface area (Å²) in [7, 11) is 0. The van der Waals surface area contributed by atoms with Crippen molar-refractivity contribution in [1.82, 2.24) is 19.5 Å². The quantitative estimate of drug-likeness (QED) is 0.113. The molecular weight excluding hydrogens is 681 g/mol. The average Bonchev–Trinajstić information content (AvgIpc) is 3.67. The van der Waals surface area contributed by atoms with Crippen LogP contribution in [0.2, 0.25) is 0 Å². The van der Waals surface area contributed by atoms with Crippen molar-refractivity contribution in [3.8, 4) is 0 Å². The molecule has 0 amide bonds. The third-order valence-corrected chi connectivity index (χ3v) is 13.9. The largest absolute Gasteiger partial charge is 0.508 e. The van der Waals surface area contributed by atoms with E-state index in [1.165, 1.54) is 94.4 Å². The molecule has 12 nitrogen and oxygen atoms in total. The van der Waals surface area contributed by atoms with E-state index in [9.17, 15) is 14.0 Å². The zero-order valence-electron chi connectivity index (χ0n) is 31.4. The van der Waals surface area contributed by atoms with Crippen LogP contribution in [-0.4, -0.2) is 63.4 Å². The summed E-state index contributed by atoms with van der Waals surface area (Å²) in [6.45, 7) is 2.02. The molecule has 1 saturated heterocycles. The molecule has 2 aromatic heterocycles. The lowest BCUT2D eigenvalue weighted by molar-refractivity contribution is -0.128. The molecular formula is C40H58FN5O7. The fourth-order valence-electron chi connectivity index (χ4n) is 12.0. The molecule has 2 N–H and O–H groups in total. The zero-order chi connectivity index (χ0) is 36.6. The number of aromatic nitrogens is 4. The number of fused-ring (bicyclic) bond motifs is 3. The lowest BCUT2D eigenvalue weighted by Crippen LogP contribution is -2.46. The summed E-state index contributed by atoms with van der Waals surface area (Å²) in [5, 5.41) is 0. The van der Waals surface area contributed by atoms with Crippen molar-refractivity contribution in [2.75, 3.05) is 25.6 Å². The van der Waals surface area contributed by atoms with Crippen LogP contribution in [0, 0.1) is 47.0 Å². The molecule has 6 saturated carbocycles. The summed E-state index contributed by atoms with van der Waals surface area (Å²) in [4.78, 5) is 37.5. The summed E-state index contributed by atoms with van der Waals surface area (Å²) >= 11 is 0. The van der Waals surface area contributed by atoms with Gasteiger partial charge in [0.15, 0.2) is 17.0 Å². The Morgan fingerprint density at radius 1 is 0.868 bits per heavy atom. The number of imidazole rings is 1. The highest BCUT2D eigenvalue weighted by Gasteiger charge is 2.51. The first kappa shape index (κ1) is 36.7. The Hall–Kier alpha value is -3.22. The molecule has 53 heavy (non-hydrogen) atoms. The Morgan fingerprint density at radius 2 is 1.55 bits per heavy atom. The van der Waals surface area contributed by atoms with Gasteiger partial charge in [-0.05, 0) is 125 Å². The Labute approximate surface area is 311 Å². The second-order valence-corrected chi connectivity index (χ2v) is 18.0. The molecule has 0 aromatic carbocycles. The highest BCUT2D eigenvalue weighted by molar-refractivity contribution is 5.81. The predicted octanol–water partition coefficient (Wildman–Crippen LogP) is 8.67. The van der Waals surface area contributed by atoms with Crippen molar-refractivity contribution in [3.63, 3.8) is 0 Å². The first-order chi connectivity index (χ1) is 25.6. The Kier molecular flexibility index (Phi) is 10.7. The van der Waals surface area contributed by atoms with Crippen molar-refractivity contribution >= 4 is 29.3 Å². The van der Waals surface area contributed by atoms with Crippen LogP contribution in [0.4, 0.5) is 19.8 Å². The van der Waals surface area contributed by atoms with Crippen molar-refractivity contribution in [1.29, 1.82) is 0 Å². The molecule has 0 radical (unpaired) electrons. The minimum atomic E-state index is -1.27. The van der Waals surface area contributed by atoms with Gasteiger partial charge in [-0.3, -0.25) is 4.57 Å². The van der Waals surface area contributed by atoms with E-state index in [2.05, 4.69) is 15.0 Å². The lowest BCUT2D eigenvalue weighted by atomic mass is 9.48. The molecule has 2 unspecified atom stereocenters. The Balaban J connectivity index is 0.822. The molecule has 3 heterocycles. The van der Waals surface area contributed by atoms with Gasteiger partial charge in [0.05, 0.1) is 19.5 Å². The SMILES string of the molecule is C[C@]1(COC(=O)OCCCC23CC4CC(CC(C4)C2)C3)O[C@@H](n2cnc3c(N)nc(F)nc32)C[C@@H]1OC(=O)OCCCCCC1CC2CCCC(C1)C2. The number of hydrogen-bond donors (Lipinski definition) is 1. The molecule has 13 heteroatoms. The standard InChI is InChI=1S/C40H58FN5O7/c1-39(23-51-37(47)49-12-6-10-40-20-28-16-29(21-40)18-30(17-28)22-40)31(19-32(53-39)46-24-43-33-34(42)44-36(41)45-35(33)46)52-38(48)50-11-4-2-3-7-25-13-26-8-5-9-27(14-25)15-26/h24-32H,2-23H2,1H3,(H2,42,44,45)/t25?,26?,27?,28?,29?,30?,31-,32+,39+,40?/m0/s1. The number of carbonyl (C=O) groups excluding carboxylic acids is 2. The first-order valence-corrected chi connectivity index (χ1v) is 20.6. The maximum Gasteiger partial charge on any atom is 0.508 e. The van der Waals surface area contributed by atoms with Crippen LogP contribution >= 0.6 is 0 Å². The minimum Gasteiger partial charge on any atom is -0.434 e. The van der Waals surface area contributed by atoms with Crippen molar-refractivity contribution < 1.29 is 37.7 Å². The zero-order valence-corrected chi connectivity index (χ0v) is 31.4. The normalized spacial score (nSPS) is 35.7. The number of anilines is 1. The summed E-state index contributed by atoms with van der Waals surface area (Å²) in [6, 6.07) is 0. The second kappa shape index (κ2) is 15.5. The molecule has 292 valence electrons. The summed E-state index contributed by atoms with van der Waals surface area (Å²) in [5.74, 6) is 5.27. The van der Waals surface area contributed by atoms with E-state index in [-0.39, 0.29) is 36.6 Å². The van der Waals surface area contributed by atoms with Crippen LogP contribution in [0.25, 0.3) is 11.2 Å². The molecule has 9 rings (SSSR count).